The van der Waals surface area contributed by atoms with Crippen molar-refractivity contribution < 1.29 is 4.79 Å². The van der Waals surface area contributed by atoms with Crippen molar-refractivity contribution in [3.05, 3.63) is 65.7 Å². The molecule has 0 unspecified atom stereocenters. The molecule has 0 aliphatic carbocycles. The second-order valence-electron chi connectivity index (χ2n) is 6.27. The number of amides is 2. The van der Waals surface area contributed by atoms with Gasteiger partial charge in [-0.3, -0.25) is 0 Å². The zero-order valence-electron chi connectivity index (χ0n) is 13.7. The quantitative estimate of drug-likeness (QED) is 0.818. The summed E-state index contributed by atoms with van der Waals surface area (Å²) < 4.78 is 0. The van der Waals surface area contributed by atoms with E-state index in [2.05, 4.69) is 36.5 Å². The minimum Gasteiger partial charge on any atom is -0.317 e. The molecule has 1 aliphatic heterocycles. The number of likely N-dealkylation sites (tertiary alicyclic amines) is 1. The lowest BCUT2D eigenvalue weighted by Crippen LogP contribution is -2.38. The van der Waals surface area contributed by atoms with Crippen LogP contribution in [-0.4, -0.2) is 17.5 Å². The number of urea groups is 1. The molecule has 1 saturated heterocycles. The van der Waals surface area contributed by atoms with Crippen molar-refractivity contribution >= 4 is 11.7 Å². The summed E-state index contributed by atoms with van der Waals surface area (Å²) in [6.07, 6.45) is 4.47. The highest BCUT2D eigenvalue weighted by molar-refractivity contribution is 5.89. The molecule has 23 heavy (non-hydrogen) atoms. The molecule has 0 radical (unpaired) electrons. The summed E-state index contributed by atoms with van der Waals surface area (Å²) in [5.41, 5.74) is 3.34. The Bertz CT molecular complexity index is 636. The van der Waals surface area contributed by atoms with E-state index in [0.29, 0.717) is 0 Å². The van der Waals surface area contributed by atoms with Gasteiger partial charge in [0.15, 0.2) is 0 Å². The fourth-order valence-corrected chi connectivity index (χ4v) is 3.20. The molecule has 0 aromatic heterocycles. The monoisotopic (exact) mass is 308 g/mol. The van der Waals surface area contributed by atoms with E-state index >= 15 is 0 Å². The predicted molar refractivity (Wildman–Crippen MR) is 94.6 cm³/mol. The van der Waals surface area contributed by atoms with Gasteiger partial charge in [-0.15, -0.1) is 0 Å². The van der Waals surface area contributed by atoms with E-state index in [1.165, 1.54) is 24.0 Å². The normalized spacial score (nSPS) is 18.3. The average Bonchev–Trinajstić information content (AvgIpc) is 2.82. The molecule has 1 atom stereocenters. The third kappa shape index (κ3) is 3.92. The third-order valence-corrected chi connectivity index (χ3v) is 4.50. The van der Waals surface area contributed by atoms with E-state index < -0.39 is 0 Å². The van der Waals surface area contributed by atoms with Crippen molar-refractivity contribution in [1.82, 2.24) is 4.90 Å². The van der Waals surface area contributed by atoms with Crippen LogP contribution in [0.25, 0.3) is 0 Å². The summed E-state index contributed by atoms with van der Waals surface area (Å²) >= 11 is 0. The Morgan fingerprint density at radius 2 is 1.74 bits per heavy atom. The number of nitrogens with one attached hydrogen (secondary N) is 1. The number of hydrogen-bond donors (Lipinski definition) is 1. The number of carbonyl (C=O) groups is 1. The zero-order valence-corrected chi connectivity index (χ0v) is 13.7. The van der Waals surface area contributed by atoms with Gasteiger partial charge in [-0.25, -0.2) is 4.79 Å². The molecule has 2 amide bonds. The molecule has 2 aromatic carbocycles. The van der Waals surface area contributed by atoms with Gasteiger partial charge < -0.3 is 10.2 Å². The summed E-state index contributed by atoms with van der Waals surface area (Å²) in [4.78, 5) is 14.8. The van der Waals surface area contributed by atoms with Crippen molar-refractivity contribution in [3.63, 3.8) is 0 Å². The molecule has 1 heterocycles. The minimum absolute atomic E-state index is 0.00340. The van der Waals surface area contributed by atoms with Crippen molar-refractivity contribution in [2.45, 2.75) is 38.6 Å². The Kier molecular flexibility index (Phi) is 4.96. The van der Waals surface area contributed by atoms with Crippen LogP contribution in [0, 0.1) is 6.92 Å². The van der Waals surface area contributed by atoms with Crippen LogP contribution in [0.1, 0.15) is 42.9 Å². The number of aryl methyl sites for hydroxylation is 1. The zero-order chi connectivity index (χ0) is 16.1. The summed E-state index contributed by atoms with van der Waals surface area (Å²) in [7, 11) is 0. The first kappa shape index (κ1) is 15.6. The first-order valence-corrected chi connectivity index (χ1v) is 8.43. The van der Waals surface area contributed by atoms with Crippen LogP contribution in [0.4, 0.5) is 10.5 Å². The highest BCUT2D eigenvalue weighted by Gasteiger charge is 2.26. The molecule has 3 rings (SSSR count). The number of anilines is 1. The first-order chi connectivity index (χ1) is 11.2. The number of para-hydroxylation sites is 1. The highest BCUT2D eigenvalue weighted by Crippen LogP contribution is 2.30. The number of benzene rings is 2. The van der Waals surface area contributed by atoms with E-state index in [9.17, 15) is 4.79 Å². The average molecular weight is 308 g/mol. The molecule has 0 bridgehead atoms. The van der Waals surface area contributed by atoms with Gasteiger partial charge in [0.05, 0.1) is 6.04 Å². The summed E-state index contributed by atoms with van der Waals surface area (Å²) in [6.45, 7) is 2.91. The Balaban J connectivity index is 1.80. The second-order valence-corrected chi connectivity index (χ2v) is 6.27. The molecular weight excluding hydrogens is 284 g/mol. The molecule has 3 heteroatoms. The first-order valence-electron chi connectivity index (χ1n) is 8.43. The minimum atomic E-state index is 0.00340. The van der Waals surface area contributed by atoms with Crippen LogP contribution in [0.5, 0.6) is 0 Å². The number of nitrogens with zero attached hydrogens (tertiary/aromatic N) is 1. The van der Waals surface area contributed by atoms with Crippen molar-refractivity contribution in [2.75, 3.05) is 11.9 Å². The second kappa shape index (κ2) is 7.32. The Hall–Kier alpha value is -2.29. The summed E-state index contributed by atoms with van der Waals surface area (Å²) in [6, 6.07) is 18.4. The Morgan fingerprint density at radius 3 is 2.48 bits per heavy atom. The predicted octanol–water partition coefficient (Wildman–Crippen LogP) is 5.14. The van der Waals surface area contributed by atoms with Crippen LogP contribution in [0.2, 0.25) is 0 Å². The van der Waals surface area contributed by atoms with Crippen LogP contribution in [-0.2, 0) is 0 Å². The molecule has 120 valence electrons. The fourth-order valence-electron chi connectivity index (χ4n) is 3.20. The molecule has 1 N–H and O–H groups in total. The van der Waals surface area contributed by atoms with E-state index in [1.54, 1.807) is 0 Å². The van der Waals surface area contributed by atoms with Crippen LogP contribution in [0.15, 0.2) is 54.6 Å². The van der Waals surface area contributed by atoms with Crippen LogP contribution in [0.3, 0.4) is 0 Å². The van der Waals surface area contributed by atoms with E-state index in [1.807, 2.05) is 35.2 Å². The SMILES string of the molecule is Cc1ccc([C@@H]2CCCCCN2C(=O)Nc2ccccc2)cc1. The van der Waals surface area contributed by atoms with Crippen molar-refractivity contribution in [1.29, 1.82) is 0 Å². The Labute approximate surface area is 138 Å². The third-order valence-electron chi connectivity index (χ3n) is 4.50. The molecular formula is C20H24N2O. The fraction of sp³-hybridized carbons (Fsp3) is 0.350. The summed E-state index contributed by atoms with van der Waals surface area (Å²) in [5, 5.41) is 3.04. The number of hydrogen-bond acceptors (Lipinski definition) is 1. The van der Waals surface area contributed by atoms with Gasteiger partial charge in [0.2, 0.25) is 0 Å². The van der Waals surface area contributed by atoms with Gasteiger partial charge in [-0.2, -0.15) is 0 Å². The number of rotatable bonds is 2. The number of carbonyl (C=O) groups excluding carboxylic acids is 1. The topological polar surface area (TPSA) is 32.3 Å². The van der Waals surface area contributed by atoms with E-state index in [-0.39, 0.29) is 12.1 Å². The molecule has 1 aliphatic rings. The maximum absolute atomic E-state index is 12.8. The molecule has 1 fully saturated rings. The molecule has 0 saturated carbocycles. The van der Waals surface area contributed by atoms with Gasteiger partial charge in [0, 0.05) is 12.2 Å². The standard InChI is InChI=1S/C20H24N2O/c1-16-11-13-17(14-12-16)19-10-6-3-7-15-22(19)20(23)21-18-8-4-2-5-9-18/h2,4-5,8-9,11-14,19H,3,6-7,10,15H2,1H3,(H,21,23)/t19-/m0/s1. The van der Waals surface area contributed by atoms with Gasteiger partial charge in [-0.1, -0.05) is 60.9 Å². The lowest BCUT2D eigenvalue weighted by Gasteiger charge is -2.30. The van der Waals surface area contributed by atoms with Gasteiger partial charge in [0.25, 0.3) is 0 Å². The maximum Gasteiger partial charge on any atom is 0.322 e. The molecule has 0 spiro atoms. The smallest absolute Gasteiger partial charge is 0.317 e. The van der Waals surface area contributed by atoms with E-state index in [4.69, 9.17) is 0 Å². The lowest BCUT2D eigenvalue weighted by molar-refractivity contribution is 0.189. The van der Waals surface area contributed by atoms with Crippen LogP contribution >= 0.6 is 0 Å². The highest BCUT2D eigenvalue weighted by atomic mass is 16.2. The molecule has 3 nitrogen and oxygen atoms in total. The van der Waals surface area contributed by atoms with Gasteiger partial charge in [-0.05, 0) is 37.5 Å². The largest absolute Gasteiger partial charge is 0.322 e. The maximum atomic E-state index is 12.8. The molecule has 2 aromatic rings. The van der Waals surface area contributed by atoms with Crippen molar-refractivity contribution in [2.24, 2.45) is 0 Å². The Morgan fingerprint density at radius 1 is 1.00 bits per heavy atom. The lowest BCUT2D eigenvalue weighted by atomic mass is 10.00. The van der Waals surface area contributed by atoms with Crippen LogP contribution < -0.4 is 5.32 Å². The van der Waals surface area contributed by atoms with E-state index in [0.717, 1.165) is 25.1 Å². The van der Waals surface area contributed by atoms with Gasteiger partial charge >= 0.3 is 6.03 Å². The van der Waals surface area contributed by atoms with Gasteiger partial charge in [0.1, 0.15) is 0 Å². The summed E-state index contributed by atoms with van der Waals surface area (Å²) in [5.74, 6) is 0. The van der Waals surface area contributed by atoms with Crippen molar-refractivity contribution in [3.8, 4) is 0 Å².